The van der Waals surface area contributed by atoms with Gasteiger partial charge in [0, 0.05) is 13.1 Å². The molecular formula is C12H26N2O5. The second-order valence-electron chi connectivity index (χ2n) is 3.45. The molecule has 0 heterocycles. The molecule has 0 aliphatic heterocycles. The first-order valence-electron chi connectivity index (χ1n) is 5.58. The van der Waals surface area contributed by atoms with Crippen LogP contribution in [0.5, 0.6) is 0 Å². The van der Waals surface area contributed by atoms with Crippen LogP contribution in [0, 0.1) is 0 Å². The molecule has 0 fully saturated rings. The number of methoxy groups -OCH3 is 1. The SMILES string of the molecule is C.CCOC(=O)NC.COC(=O)CC(=O)NC(C)C. The maximum atomic E-state index is 10.8. The summed E-state index contributed by atoms with van der Waals surface area (Å²) in [6.07, 6.45) is -0.572. The zero-order valence-electron chi connectivity index (χ0n) is 11.5. The summed E-state index contributed by atoms with van der Waals surface area (Å²) in [4.78, 5) is 31.4. The fourth-order valence-corrected chi connectivity index (χ4v) is 0.780. The topological polar surface area (TPSA) is 93.7 Å². The minimum Gasteiger partial charge on any atom is -0.469 e. The number of amides is 2. The monoisotopic (exact) mass is 278 g/mol. The van der Waals surface area contributed by atoms with E-state index in [0.29, 0.717) is 6.61 Å². The summed E-state index contributed by atoms with van der Waals surface area (Å²) in [6, 6.07) is 0.0622. The molecule has 0 unspecified atom stereocenters. The third-order valence-electron chi connectivity index (χ3n) is 1.46. The van der Waals surface area contributed by atoms with Crippen molar-refractivity contribution in [2.45, 2.75) is 40.7 Å². The summed E-state index contributed by atoms with van der Waals surface area (Å²) >= 11 is 0. The van der Waals surface area contributed by atoms with E-state index in [1.807, 2.05) is 13.8 Å². The Kier molecular flexibility index (Phi) is 16.8. The van der Waals surface area contributed by atoms with Gasteiger partial charge in [-0.25, -0.2) is 4.79 Å². The Bertz CT molecular complexity index is 267. The Labute approximate surface area is 115 Å². The lowest BCUT2D eigenvalue weighted by Gasteiger charge is -2.06. The summed E-state index contributed by atoms with van der Waals surface area (Å²) in [7, 11) is 2.78. The fourth-order valence-electron chi connectivity index (χ4n) is 0.780. The Hall–Kier alpha value is -1.79. The molecule has 0 spiro atoms. The smallest absolute Gasteiger partial charge is 0.406 e. The van der Waals surface area contributed by atoms with Crippen molar-refractivity contribution in [1.82, 2.24) is 10.6 Å². The van der Waals surface area contributed by atoms with Crippen LogP contribution in [0.15, 0.2) is 0 Å². The summed E-state index contributed by atoms with van der Waals surface area (Å²) < 4.78 is 8.74. The van der Waals surface area contributed by atoms with Crippen LogP contribution >= 0.6 is 0 Å². The molecule has 0 saturated heterocycles. The van der Waals surface area contributed by atoms with Crippen LogP contribution < -0.4 is 10.6 Å². The molecule has 0 radical (unpaired) electrons. The van der Waals surface area contributed by atoms with Gasteiger partial charge in [0.15, 0.2) is 0 Å². The average molecular weight is 278 g/mol. The lowest BCUT2D eigenvalue weighted by Crippen LogP contribution is -2.31. The maximum absolute atomic E-state index is 10.8. The minimum absolute atomic E-state index is 0. The molecule has 0 atom stereocenters. The van der Waals surface area contributed by atoms with Crippen LogP contribution in [0.3, 0.4) is 0 Å². The molecule has 7 nitrogen and oxygen atoms in total. The van der Waals surface area contributed by atoms with Crippen molar-refractivity contribution in [1.29, 1.82) is 0 Å². The number of esters is 1. The number of alkyl carbamates (subject to hydrolysis) is 1. The molecule has 2 amide bonds. The van der Waals surface area contributed by atoms with Gasteiger partial charge in [0.25, 0.3) is 0 Å². The zero-order chi connectivity index (χ0) is 14.6. The van der Waals surface area contributed by atoms with Gasteiger partial charge in [-0.15, -0.1) is 0 Å². The highest BCUT2D eigenvalue weighted by molar-refractivity contribution is 5.94. The highest BCUT2D eigenvalue weighted by Gasteiger charge is 2.09. The molecule has 0 saturated carbocycles. The van der Waals surface area contributed by atoms with E-state index in [9.17, 15) is 14.4 Å². The molecular weight excluding hydrogens is 252 g/mol. The number of nitrogens with one attached hydrogen (secondary N) is 2. The van der Waals surface area contributed by atoms with Crippen LogP contribution in [0.2, 0.25) is 0 Å². The van der Waals surface area contributed by atoms with Gasteiger partial charge in [-0.1, -0.05) is 7.43 Å². The van der Waals surface area contributed by atoms with Gasteiger partial charge in [-0.2, -0.15) is 0 Å². The van der Waals surface area contributed by atoms with Gasteiger partial charge in [0.1, 0.15) is 6.42 Å². The van der Waals surface area contributed by atoms with Crippen LogP contribution in [0.4, 0.5) is 4.79 Å². The summed E-state index contributed by atoms with van der Waals surface area (Å²) in [5, 5.41) is 4.87. The van der Waals surface area contributed by atoms with E-state index in [1.54, 1.807) is 6.92 Å². The number of rotatable bonds is 4. The molecule has 114 valence electrons. The number of carbonyl (C=O) groups is 3. The van der Waals surface area contributed by atoms with Gasteiger partial charge in [0.05, 0.1) is 13.7 Å². The minimum atomic E-state index is -0.511. The van der Waals surface area contributed by atoms with Gasteiger partial charge in [0.2, 0.25) is 5.91 Å². The molecule has 19 heavy (non-hydrogen) atoms. The average Bonchev–Trinajstić information content (AvgIpc) is 2.28. The van der Waals surface area contributed by atoms with E-state index in [2.05, 4.69) is 20.1 Å². The molecule has 0 aromatic heterocycles. The predicted molar refractivity (Wildman–Crippen MR) is 72.7 cm³/mol. The predicted octanol–water partition coefficient (Wildman–Crippen LogP) is 1.07. The molecule has 0 rings (SSSR count). The summed E-state index contributed by atoms with van der Waals surface area (Å²) in [6.45, 7) is 5.85. The lowest BCUT2D eigenvalue weighted by molar-refractivity contribution is -0.143. The van der Waals surface area contributed by atoms with E-state index in [0.717, 1.165) is 0 Å². The van der Waals surface area contributed by atoms with Crippen LogP contribution in [0.25, 0.3) is 0 Å². The third-order valence-corrected chi connectivity index (χ3v) is 1.46. The standard InChI is InChI=1S/C7H13NO3.C4H9NO2.CH4/c1-5(2)8-6(9)4-7(10)11-3;1-3-7-4(6)5-2;/h5H,4H2,1-3H3,(H,8,9);3H2,1-2H3,(H,5,6);1H4. The zero-order valence-corrected chi connectivity index (χ0v) is 11.5. The van der Waals surface area contributed by atoms with E-state index >= 15 is 0 Å². The molecule has 0 bridgehead atoms. The Morgan fingerprint density at radius 2 is 1.74 bits per heavy atom. The van der Waals surface area contributed by atoms with Crippen molar-refractivity contribution < 1.29 is 23.9 Å². The highest BCUT2D eigenvalue weighted by Crippen LogP contribution is 1.85. The van der Waals surface area contributed by atoms with Crippen molar-refractivity contribution in [2.75, 3.05) is 20.8 Å². The normalized spacial score (nSPS) is 8.32. The Morgan fingerprint density at radius 3 is 2.00 bits per heavy atom. The molecule has 0 aromatic rings. The molecule has 0 aromatic carbocycles. The van der Waals surface area contributed by atoms with E-state index < -0.39 is 5.97 Å². The lowest BCUT2D eigenvalue weighted by atomic mass is 10.3. The van der Waals surface area contributed by atoms with Crippen molar-refractivity contribution in [2.24, 2.45) is 0 Å². The summed E-state index contributed by atoms with van der Waals surface area (Å²) in [5.41, 5.74) is 0. The van der Waals surface area contributed by atoms with Crippen molar-refractivity contribution in [3.8, 4) is 0 Å². The molecule has 2 N–H and O–H groups in total. The van der Waals surface area contributed by atoms with Crippen LogP contribution in [-0.4, -0.2) is 44.8 Å². The number of ether oxygens (including phenoxy) is 2. The Balaban J connectivity index is -0.000000280. The third kappa shape index (κ3) is 18.8. The van der Waals surface area contributed by atoms with Gasteiger partial charge >= 0.3 is 12.1 Å². The summed E-state index contributed by atoms with van der Waals surface area (Å²) in [5.74, 6) is -0.810. The highest BCUT2D eigenvalue weighted by atomic mass is 16.5. The number of hydrogen-bond donors (Lipinski definition) is 2. The second kappa shape index (κ2) is 14.3. The Morgan fingerprint density at radius 1 is 1.21 bits per heavy atom. The van der Waals surface area contributed by atoms with Gasteiger partial charge in [-0.3, -0.25) is 9.59 Å². The molecule has 7 heteroatoms. The molecule has 0 aliphatic rings. The number of carbonyl (C=O) groups excluding carboxylic acids is 3. The van der Waals surface area contributed by atoms with Crippen molar-refractivity contribution in [3.63, 3.8) is 0 Å². The van der Waals surface area contributed by atoms with Crippen molar-refractivity contribution in [3.05, 3.63) is 0 Å². The van der Waals surface area contributed by atoms with E-state index in [4.69, 9.17) is 0 Å². The van der Waals surface area contributed by atoms with Gasteiger partial charge in [-0.05, 0) is 20.8 Å². The fraction of sp³-hybridized carbons (Fsp3) is 0.750. The maximum Gasteiger partial charge on any atom is 0.406 e. The van der Waals surface area contributed by atoms with E-state index in [-0.39, 0.29) is 31.9 Å². The molecule has 0 aliphatic carbocycles. The largest absolute Gasteiger partial charge is 0.469 e. The van der Waals surface area contributed by atoms with Crippen LogP contribution in [0.1, 0.15) is 34.6 Å². The van der Waals surface area contributed by atoms with Crippen LogP contribution in [-0.2, 0) is 19.1 Å². The second-order valence-corrected chi connectivity index (χ2v) is 3.45. The first-order chi connectivity index (χ1) is 8.37. The first kappa shape index (κ1) is 22.4. The van der Waals surface area contributed by atoms with E-state index in [1.165, 1.54) is 14.2 Å². The first-order valence-corrected chi connectivity index (χ1v) is 5.58. The number of hydrogen-bond acceptors (Lipinski definition) is 5. The van der Waals surface area contributed by atoms with Gasteiger partial charge < -0.3 is 20.1 Å². The van der Waals surface area contributed by atoms with Crippen molar-refractivity contribution >= 4 is 18.0 Å². The quantitative estimate of drug-likeness (QED) is 0.592.